The molecule has 5 aliphatic carbocycles. The fourth-order valence-corrected chi connectivity index (χ4v) is 11.8. The minimum Gasteiger partial charge on any atom is -0.462 e. The Bertz CT molecular complexity index is 969. The van der Waals surface area contributed by atoms with Gasteiger partial charge in [0, 0.05) is 24.3 Å². The van der Waals surface area contributed by atoms with E-state index in [-0.39, 0.29) is 39.1 Å². The number of aliphatic hydroxyl groups is 1. The van der Waals surface area contributed by atoms with Crippen LogP contribution in [0.3, 0.4) is 0 Å². The summed E-state index contributed by atoms with van der Waals surface area (Å²) in [7, 11) is 0. The third-order valence-electron chi connectivity index (χ3n) is 13.8. The van der Waals surface area contributed by atoms with Crippen LogP contribution < -0.4 is 5.73 Å². The highest BCUT2D eigenvalue weighted by atomic mass is 16.5. The zero-order valence-electron chi connectivity index (χ0n) is 25.1. The smallest absolute Gasteiger partial charge is 0.302 e. The largest absolute Gasteiger partial charge is 0.462 e. The molecule has 4 saturated carbocycles. The van der Waals surface area contributed by atoms with Crippen molar-refractivity contribution < 1.29 is 14.6 Å². The SMILES string of the molecule is CC(=O)O[C@H]1CC[C@]2(C)[C@H]3CC[C@@H]4C5=C(C(C)C)CC[C@]5(C(O)CN)CC[C@@]4(C)[C@]3(C)CC[C@H]2C1(C)C. The van der Waals surface area contributed by atoms with Gasteiger partial charge in [0.15, 0.2) is 0 Å². The Kier molecular flexibility index (Phi) is 6.60. The van der Waals surface area contributed by atoms with Crippen LogP contribution in [0.2, 0.25) is 0 Å². The predicted molar refractivity (Wildman–Crippen MR) is 150 cm³/mol. The van der Waals surface area contributed by atoms with Gasteiger partial charge in [0.1, 0.15) is 6.10 Å². The molecule has 5 aliphatic rings. The Labute approximate surface area is 226 Å². The van der Waals surface area contributed by atoms with Crippen molar-refractivity contribution in [2.75, 3.05) is 6.54 Å². The first-order valence-corrected chi connectivity index (χ1v) is 15.5. The molecule has 3 N–H and O–H groups in total. The summed E-state index contributed by atoms with van der Waals surface area (Å²) >= 11 is 0. The second kappa shape index (κ2) is 8.82. The molecule has 0 radical (unpaired) electrons. The van der Waals surface area contributed by atoms with E-state index in [9.17, 15) is 9.90 Å². The zero-order chi connectivity index (χ0) is 27.2. The average Bonchev–Trinajstić information content (AvgIpc) is 3.22. The summed E-state index contributed by atoms with van der Waals surface area (Å²) in [6.07, 6.45) is 11.3. The summed E-state index contributed by atoms with van der Waals surface area (Å²) in [6, 6.07) is 0. The van der Waals surface area contributed by atoms with Crippen LogP contribution in [0, 0.1) is 50.7 Å². The molecule has 0 bridgehead atoms. The maximum atomic E-state index is 11.9. The quantitative estimate of drug-likeness (QED) is 0.312. The van der Waals surface area contributed by atoms with E-state index in [1.54, 1.807) is 18.1 Å². The number of ether oxygens (including phenoxy) is 1. The minimum atomic E-state index is -0.417. The molecule has 37 heavy (non-hydrogen) atoms. The molecule has 4 nitrogen and oxygen atoms in total. The number of carbonyl (C=O) groups is 1. The van der Waals surface area contributed by atoms with Gasteiger partial charge < -0.3 is 15.6 Å². The van der Waals surface area contributed by atoms with E-state index in [4.69, 9.17) is 10.5 Å². The van der Waals surface area contributed by atoms with Gasteiger partial charge >= 0.3 is 5.97 Å². The van der Waals surface area contributed by atoms with Crippen LogP contribution in [0.25, 0.3) is 0 Å². The standard InChI is InChI=1S/C33H55NO3/c1-20(2)22-11-16-33(26(36)19-34)18-17-31(7)23(28(22)33)9-10-25-30(6)14-13-27(37-21(3)35)29(4,5)24(30)12-15-32(25,31)8/h20,23-27,36H,9-19,34H2,1-8H3/t23-,24+,25-,26?,27+,30+,31-,32-,33-/m1/s1. The fourth-order valence-electron chi connectivity index (χ4n) is 11.8. The molecule has 4 heteroatoms. The van der Waals surface area contributed by atoms with Crippen LogP contribution in [0.1, 0.15) is 120 Å². The highest BCUT2D eigenvalue weighted by Gasteiger charge is 2.70. The third kappa shape index (κ3) is 3.56. The summed E-state index contributed by atoms with van der Waals surface area (Å²) in [4.78, 5) is 11.9. The average molecular weight is 514 g/mol. The molecule has 0 aliphatic heterocycles. The van der Waals surface area contributed by atoms with Gasteiger partial charge in [-0.25, -0.2) is 0 Å². The Morgan fingerprint density at radius 3 is 2.27 bits per heavy atom. The predicted octanol–water partition coefficient (Wildman–Crippen LogP) is 7.04. The van der Waals surface area contributed by atoms with Gasteiger partial charge in [0.05, 0.1) is 6.10 Å². The summed E-state index contributed by atoms with van der Waals surface area (Å²) in [5, 5.41) is 11.4. The molecule has 4 fully saturated rings. The van der Waals surface area contributed by atoms with Gasteiger partial charge in [-0.15, -0.1) is 0 Å². The lowest BCUT2D eigenvalue weighted by Crippen LogP contribution is -2.66. The number of fused-ring (bicyclic) bond motifs is 7. The fraction of sp³-hybridized carbons (Fsp3) is 0.909. The van der Waals surface area contributed by atoms with E-state index in [2.05, 4.69) is 48.5 Å². The van der Waals surface area contributed by atoms with Gasteiger partial charge in [0.2, 0.25) is 0 Å². The molecule has 0 spiro atoms. The van der Waals surface area contributed by atoms with Crippen LogP contribution in [-0.2, 0) is 9.53 Å². The van der Waals surface area contributed by atoms with E-state index < -0.39 is 6.10 Å². The number of hydrogen-bond donors (Lipinski definition) is 2. The molecular formula is C33H55NO3. The Hall–Kier alpha value is -0.870. The lowest BCUT2D eigenvalue weighted by molar-refractivity contribution is -0.234. The van der Waals surface area contributed by atoms with Crippen molar-refractivity contribution in [2.45, 2.75) is 132 Å². The molecule has 0 amide bonds. The summed E-state index contributed by atoms with van der Waals surface area (Å²) in [5.74, 6) is 2.24. The number of carbonyl (C=O) groups excluding carboxylic acids is 1. The van der Waals surface area contributed by atoms with Crippen LogP contribution in [-0.4, -0.2) is 29.8 Å². The molecular weight excluding hydrogens is 458 g/mol. The van der Waals surface area contributed by atoms with Crippen molar-refractivity contribution in [3.05, 3.63) is 11.1 Å². The molecule has 9 atom stereocenters. The van der Waals surface area contributed by atoms with Crippen LogP contribution >= 0.6 is 0 Å². The maximum absolute atomic E-state index is 11.9. The van der Waals surface area contributed by atoms with E-state index in [0.29, 0.717) is 30.2 Å². The molecule has 0 aromatic heterocycles. The van der Waals surface area contributed by atoms with Crippen molar-refractivity contribution in [3.8, 4) is 0 Å². The highest BCUT2D eigenvalue weighted by Crippen LogP contribution is 2.77. The van der Waals surface area contributed by atoms with Crippen LogP contribution in [0.5, 0.6) is 0 Å². The van der Waals surface area contributed by atoms with Gasteiger partial charge in [-0.3, -0.25) is 4.79 Å². The Balaban J connectivity index is 1.54. The second-order valence-electron chi connectivity index (χ2n) is 15.6. The lowest BCUT2D eigenvalue weighted by Gasteiger charge is -2.72. The third-order valence-corrected chi connectivity index (χ3v) is 13.8. The molecule has 0 saturated heterocycles. The first-order chi connectivity index (χ1) is 17.2. The van der Waals surface area contributed by atoms with Crippen molar-refractivity contribution in [2.24, 2.45) is 56.5 Å². The number of hydrogen-bond acceptors (Lipinski definition) is 4. The molecule has 0 heterocycles. The van der Waals surface area contributed by atoms with Gasteiger partial charge in [0.25, 0.3) is 0 Å². The molecule has 0 aromatic carbocycles. The van der Waals surface area contributed by atoms with Gasteiger partial charge in [-0.2, -0.15) is 0 Å². The van der Waals surface area contributed by atoms with Crippen molar-refractivity contribution in [1.82, 2.24) is 0 Å². The number of esters is 1. The normalized spacial score (nSPS) is 47.5. The topological polar surface area (TPSA) is 72.5 Å². The van der Waals surface area contributed by atoms with E-state index in [0.717, 1.165) is 32.1 Å². The summed E-state index contributed by atoms with van der Waals surface area (Å²) < 4.78 is 5.91. The summed E-state index contributed by atoms with van der Waals surface area (Å²) in [5.41, 5.74) is 10.2. The van der Waals surface area contributed by atoms with Crippen molar-refractivity contribution in [3.63, 3.8) is 0 Å². The molecule has 5 rings (SSSR count). The Morgan fingerprint density at radius 1 is 0.946 bits per heavy atom. The summed E-state index contributed by atoms with van der Waals surface area (Å²) in [6.45, 7) is 19.3. The Morgan fingerprint density at radius 2 is 1.65 bits per heavy atom. The lowest BCUT2D eigenvalue weighted by atomic mass is 9.33. The van der Waals surface area contributed by atoms with Crippen LogP contribution in [0.4, 0.5) is 0 Å². The van der Waals surface area contributed by atoms with Crippen LogP contribution in [0.15, 0.2) is 11.1 Å². The minimum absolute atomic E-state index is 0.00347. The van der Waals surface area contributed by atoms with E-state index in [1.165, 1.54) is 32.1 Å². The maximum Gasteiger partial charge on any atom is 0.302 e. The second-order valence-corrected chi connectivity index (χ2v) is 15.6. The number of nitrogens with two attached hydrogens (primary N) is 1. The molecule has 210 valence electrons. The van der Waals surface area contributed by atoms with E-state index >= 15 is 0 Å². The first kappa shape index (κ1) is 27.7. The van der Waals surface area contributed by atoms with Gasteiger partial charge in [-0.05, 0) is 104 Å². The zero-order valence-corrected chi connectivity index (χ0v) is 25.1. The molecule has 1 unspecified atom stereocenters. The van der Waals surface area contributed by atoms with Crippen molar-refractivity contribution in [1.29, 1.82) is 0 Å². The van der Waals surface area contributed by atoms with E-state index in [1.807, 2.05) is 0 Å². The highest BCUT2D eigenvalue weighted by molar-refractivity contribution is 5.66. The number of allylic oxidation sites excluding steroid dienone is 1. The van der Waals surface area contributed by atoms with Gasteiger partial charge in [-0.1, -0.05) is 59.6 Å². The first-order valence-electron chi connectivity index (χ1n) is 15.5. The molecule has 0 aromatic rings. The monoisotopic (exact) mass is 513 g/mol. The number of aliphatic hydroxyl groups excluding tert-OH is 1. The number of rotatable bonds is 4. The van der Waals surface area contributed by atoms with Crippen molar-refractivity contribution >= 4 is 5.97 Å².